The number of allylic oxidation sites excluding steroid dienone is 2. The maximum absolute atomic E-state index is 14.4. The Morgan fingerprint density at radius 2 is 1.59 bits per heavy atom. The second kappa shape index (κ2) is 16.0. The minimum atomic E-state index is -5.60. The summed E-state index contributed by atoms with van der Waals surface area (Å²) in [6.45, 7) is 1.33. The van der Waals surface area contributed by atoms with Crippen molar-refractivity contribution in [3.8, 4) is 11.5 Å². The largest absolute Gasteiger partial charge is 0.505 e. The fourth-order valence-corrected chi connectivity index (χ4v) is 6.35. The van der Waals surface area contributed by atoms with E-state index in [1.54, 1.807) is 6.07 Å². The lowest BCUT2D eigenvalue weighted by molar-refractivity contribution is -0.284. The van der Waals surface area contributed by atoms with Crippen LogP contribution in [0, 0.1) is 11.6 Å². The van der Waals surface area contributed by atoms with Gasteiger partial charge < -0.3 is 19.3 Å². The molecule has 0 unspecified atom stereocenters. The van der Waals surface area contributed by atoms with E-state index in [1.165, 1.54) is 29.6 Å². The van der Waals surface area contributed by atoms with Crippen LogP contribution in [0.2, 0.25) is 0 Å². The van der Waals surface area contributed by atoms with Crippen LogP contribution in [0.1, 0.15) is 80.9 Å². The summed E-state index contributed by atoms with van der Waals surface area (Å²) in [6, 6.07) is 7.03. The molecule has 0 aliphatic heterocycles. The number of aryl methyl sites for hydroxylation is 1. The van der Waals surface area contributed by atoms with Gasteiger partial charge in [-0.1, -0.05) is 25.3 Å². The van der Waals surface area contributed by atoms with Crippen molar-refractivity contribution in [3.05, 3.63) is 58.7 Å². The molecular formula is C32H39F7NO3S-. The van der Waals surface area contributed by atoms with Gasteiger partial charge in [0, 0.05) is 6.42 Å². The van der Waals surface area contributed by atoms with E-state index in [2.05, 4.69) is 0 Å². The van der Waals surface area contributed by atoms with Gasteiger partial charge in [-0.05, 0) is 117 Å². The van der Waals surface area contributed by atoms with Gasteiger partial charge >= 0.3 is 12.1 Å². The van der Waals surface area contributed by atoms with Crippen LogP contribution in [0.4, 0.5) is 30.7 Å². The Morgan fingerprint density at radius 1 is 0.886 bits per heavy atom. The van der Waals surface area contributed by atoms with Crippen LogP contribution in [-0.2, 0) is 21.0 Å². The van der Waals surface area contributed by atoms with Crippen LogP contribution >= 0.6 is 0 Å². The first kappa shape index (κ1) is 35.7. The number of phenols is 2. The van der Waals surface area contributed by atoms with Gasteiger partial charge in [-0.25, -0.2) is 8.78 Å². The number of rotatable bonds is 15. The van der Waals surface area contributed by atoms with Gasteiger partial charge in [0.2, 0.25) is 0 Å². The molecule has 2 N–H and O–H groups in total. The van der Waals surface area contributed by atoms with Gasteiger partial charge in [-0.2, -0.15) is 27.3 Å². The maximum Gasteiger partial charge on any atom is 0.453 e. The van der Waals surface area contributed by atoms with Crippen molar-refractivity contribution in [2.24, 2.45) is 0 Å². The predicted octanol–water partition coefficient (Wildman–Crippen LogP) is 8.64. The second-order valence-corrected chi connectivity index (χ2v) is 12.8. The summed E-state index contributed by atoms with van der Waals surface area (Å²) >= 11 is 0. The van der Waals surface area contributed by atoms with E-state index in [0.29, 0.717) is 37.8 Å². The third kappa shape index (κ3) is 10.2. The molecule has 0 saturated carbocycles. The van der Waals surface area contributed by atoms with Crippen molar-refractivity contribution in [2.45, 2.75) is 82.7 Å². The lowest BCUT2D eigenvalue weighted by Gasteiger charge is -2.20. The van der Waals surface area contributed by atoms with E-state index in [0.717, 1.165) is 60.9 Å². The first-order valence-electron chi connectivity index (χ1n) is 14.8. The van der Waals surface area contributed by atoms with E-state index in [-0.39, 0.29) is 5.75 Å². The SMILES string of the molecule is CN(CCC=[S-](=O)CCCC(F)(F)C(F)(F)F)CCCCCCC1=C(c2ccc(F)c(O)c2)CCCc2cc(O)c(F)cc21. The number of hydrogen-bond donors (Lipinski definition) is 2. The molecule has 0 amide bonds. The Hall–Kier alpha value is -2.73. The fourth-order valence-electron chi connectivity index (χ4n) is 5.38. The van der Waals surface area contributed by atoms with Gasteiger partial charge in [0.1, 0.15) is 0 Å². The van der Waals surface area contributed by atoms with E-state index in [4.69, 9.17) is 0 Å². The number of unbranched alkanes of at least 4 members (excludes halogenated alkanes) is 3. The number of halogens is 7. The second-order valence-electron chi connectivity index (χ2n) is 11.3. The van der Waals surface area contributed by atoms with Crippen LogP contribution < -0.4 is 0 Å². The lowest BCUT2D eigenvalue weighted by Crippen LogP contribution is -2.36. The first-order valence-corrected chi connectivity index (χ1v) is 16.1. The van der Waals surface area contributed by atoms with Crippen molar-refractivity contribution in [1.29, 1.82) is 0 Å². The third-order valence-electron chi connectivity index (χ3n) is 7.81. The first-order chi connectivity index (χ1) is 20.7. The Balaban J connectivity index is 1.49. The van der Waals surface area contributed by atoms with E-state index >= 15 is 0 Å². The number of benzene rings is 2. The van der Waals surface area contributed by atoms with Crippen molar-refractivity contribution in [1.82, 2.24) is 4.90 Å². The van der Waals surface area contributed by atoms with Gasteiger partial charge in [-0.15, -0.1) is 5.75 Å². The zero-order valence-electron chi connectivity index (χ0n) is 24.7. The Bertz CT molecular complexity index is 1380. The molecular weight excluding hydrogens is 611 g/mol. The zero-order chi connectivity index (χ0) is 32.5. The summed E-state index contributed by atoms with van der Waals surface area (Å²) in [5.41, 5.74) is 4.09. The smallest absolute Gasteiger partial charge is 0.453 e. The van der Waals surface area contributed by atoms with Gasteiger partial charge in [0.25, 0.3) is 0 Å². The van der Waals surface area contributed by atoms with Crippen LogP contribution in [0.5, 0.6) is 11.5 Å². The normalized spacial score (nSPS) is 15.1. The molecule has 2 aromatic rings. The highest BCUT2D eigenvalue weighted by molar-refractivity contribution is 7.83. The number of aromatic hydroxyl groups is 2. The highest BCUT2D eigenvalue weighted by atomic mass is 32.2. The van der Waals surface area contributed by atoms with Crippen LogP contribution in [0.25, 0.3) is 11.1 Å². The number of alkyl halides is 5. The molecule has 0 atom stereocenters. The minimum Gasteiger partial charge on any atom is -0.505 e. The zero-order valence-corrected chi connectivity index (χ0v) is 25.5. The van der Waals surface area contributed by atoms with Crippen molar-refractivity contribution in [3.63, 3.8) is 0 Å². The summed E-state index contributed by atoms with van der Waals surface area (Å²) in [5.74, 6) is -7.29. The average Bonchev–Trinajstić information content (AvgIpc) is 3.10. The van der Waals surface area contributed by atoms with Crippen LogP contribution in [0.3, 0.4) is 0 Å². The number of fused-ring (bicyclic) bond motifs is 1. The molecule has 0 radical (unpaired) electrons. The molecule has 0 heterocycles. The molecule has 0 bridgehead atoms. The maximum atomic E-state index is 14.4. The molecule has 3 rings (SSSR count). The quantitative estimate of drug-likeness (QED) is 0.0877. The van der Waals surface area contributed by atoms with E-state index < -0.39 is 58.5 Å². The molecule has 1 aliphatic rings. The third-order valence-corrected chi connectivity index (χ3v) is 9.11. The molecule has 0 aromatic heterocycles. The number of phenolic OH excluding ortho intramolecular Hbond substituents is 2. The van der Waals surface area contributed by atoms with Crippen LogP contribution in [0.15, 0.2) is 30.3 Å². The molecule has 0 spiro atoms. The standard InChI is InChI=1S/C32H39F7NO3S/c1-40(16-8-18-44(43)17-7-14-31(35,36)32(37,38)39)15-5-3-2-4-10-25-24(23-12-13-27(33)29(41)20-23)11-6-9-22-19-30(42)28(34)21-26(22)25/h12-13,18-21,41-42H,2-11,14-17H2,1H3/q-1. The summed E-state index contributed by atoms with van der Waals surface area (Å²) in [6.07, 6.45) is -0.883. The van der Waals surface area contributed by atoms with Gasteiger partial charge in [0.05, 0.1) is 0 Å². The Morgan fingerprint density at radius 3 is 2.30 bits per heavy atom. The van der Waals surface area contributed by atoms with Crippen LogP contribution in [-0.4, -0.2) is 58.5 Å². The number of nitrogens with zero attached hydrogens (tertiary/aromatic N) is 1. The molecule has 0 fully saturated rings. The van der Waals surface area contributed by atoms with Gasteiger partial charge in [-0.3, -0.25) is 10.4 Å². The van der Waals surface area contributed by atoms with E-state index in [1.807, 2.05) is 11.9 Å². The summed E-state index contributed by atoms with van der Waals surface area (Å²) < 4.78 is 103. The summed E-state index contributed by atoms with van der Waals surface area (Å²) in [5, 5.41) is 21.4. The van der Waals surface area contributed by atoms with Crippen molar-refractivity contribution in [2.75, 3.05) is 25.9 Å². The lowest BCUT2D eigenvalue weighted by atomic mass is 9.88. The van der Waals surface area contributed by atoms with Gasteiger partial charge in [0.15, 0.2) is 23.1 Å². The molecule has 4 nitrogen and oxygen atoms in total. The molecule has 1 aliphatic carbocycles. The average molecular weight is 651 g/mol. The Labute approximate surface area is 255 Å². The van der Waals surface area contributed by atoms with Crippen molar-refractivity contribution < 1.29 is 45.2 Å². The molecule has 0 saturated heterocycles. The minimum absolute atomic E-state index is 0.242. The van der Waals surface area contributed by atoms with Crippen molar-refractivity contribution >= 4 is 26.9 Å². The monoisotopic (exact) mass is 650 g/mol. The van der Waals surface area contributed by atoms with E-state index in [9.17, 15) is 45.2 Å². The molecule has 246 valence electrons. The molecule has 44 heavy (non-hydrogen) atoms. The summed E-state index contributed by atoms with van der Waals surface area (Å²) in [4.78, 5) is 2.03. The molecule has 12 heteroatoms. The number of hydrogen-bond acceptors (Lipinski definition) is 5. The highest BCUT2D eigenvalue weighted by Gasteiger charge is 2.56. The highest BCUT2D eigenvalue weighted by Crippen LogP contribution is 2.41. The Kier molecular flexibility index (Phi) is 13.0. The fraction of sp³-hybridized carbons (Fsp3) is 0.531. The summed E-state index contributed by atoms with van der Waals surface area (Å²) in [7, 11) is 0.315. The topological polar surface area (TPSA) is 60.8 Å². The predicted molar refractivity (Wildman–Crippen MR) is 160 cm³/mol. The molecule has 2 aromatic carbocycles.